The molecule has 2 aromatic rings. The molecule has 0 bridgehead atoms. The second-order valence-corrected chi connectivity index (χ2v) is 8.24. The first-order valence-corrected chi connectivity index (χ1v) is 10.5. The molecule has 2 aromatic carbocycles. The second kappa shape index (κ2) is 9.23. The van der Waals surface area contributed by atoms with E-state index < -0.39 is 0 Å². The molecule has 1 fully saturated rings. The Kier molecular flexibility index (Phi) is 6.94. The van der Waals surface area contributed by atoms with Crippen LogP contribution in [0.2, 0.25) is 15.1 Å². The van der Waals surface area contributed by atoms with Crippen molar-refractivity contribution in [2.24, 2.45) is 0 Å². The van der Waals surface area contributed by atoms with Crippen molar-refractivity contribution in [2.45, 2.75) is 20.0 Å². The number of ether oxygens (including phenoxy) is 1. The van der Waals surface area contributed by atoms with Crippen LogP contribution in [0.1, 0.15) is 24.5 Å². The number of hydrogen-bond acceptors (Lipinski definition) is 4. The van der Waals surface area contributed by atoms with Gasteiger partial charge < -0.3 is 4.74 Å². The van der Waals surface area contributed by atoms with E-state index in [1.807, 2.05) is 25.1 Å². The molecule has 1 aliphatic heterocycles. The molecule has 8 heteroatoms. The maximum atomic E-state index is 12.4. The van der Waals surface area contributed by atoms with E-state index in [-0.39, 0.29) is 17.8 Å². The number of carbonyl (C=O) groups excluding carboxylic acids is 2. The average Bonchev–Trinajstić information content (AvgIpc) is 2.90. The summed E-state index contributed by atoms with van der Waals surface area (Å²) in [7, 11) is 0. The van der Waals surface area contributed by atoms with Crippen molar-refractivity contribution >= 4 is 63.8 Å². The summed E-state index contributed by atoms with van der Waals surface area (Å²) in [5.74, 6) is 0.0302. The predicted octanol–water partition coefficient (Wildman–Crippen LogP) is 6.67. The lowest BCUT2D eigenvalue weighted by atomic mass is 10.2. The molecule has 146 valence electrons. The molecule has 28 heavy (non-hydrogen) atoms. The minimum Gasteiger partial charge on any atom is -0.486 e. The van der Waals surface area contributed by atoms with Gasteiger partial charge in [0.15, 0.2) is 5.75 Å². The number of carbonyl (C=O) groups is 2. The molecule has 0 spiro atoms. The Labute approximate surface area is 182 Å². The van der Waals surface area contributed by atoms with Gasteiger partial charge in [-0.3, -0.25) is 14.5 Å². The van der Waals surface area contributed by atoms with Crippen LogP contribution in [-0.2, 0) is 11.4 Å². The molecule has 0 atom stereocenters. The number of amides is 2. The number of imide groups is 1. The zero-order valence-corrected chi connectivity index (χ0v) is 18.0. The van der Waals surface area contributed by atoms with Crippen molar-refractivity contribution in [2.75, 3.05) is 6.54 Å². The number of halogens is 3. The fraction of sp³-hybridized carbons (Fsp3) is 0.200. The van der Waals surface area contributed by atoms with Crippen LogP contribution < -0.4 is 4.74 Å². The highest BCUT2D eigenvalue weighted by atomic mass is 35.5. The van der Waals surface area contributed by atoms with Gasteiger partial charge in [-0.1, -0.05) is 59.9 Å². The minimum absolute atomic E-state index is 0.217. The van der Waals surface area contributed by atoms with Crippen LogP contribution in [0.5, 0.6) is 5.75 Å². The lowest BCUT2D eigenvalue weighted by molar-refractivity contribution is -0.122. The Balaban J connectivity index is 1.79. The van der Waals surface area contributed by atoms with E-state index in [2.05, 4.69) is 0 Å². The molecule has 0 radical (unpaired) electrons. The van der Waals surface area contributed by atoms with Crippen molar-refractivity contribution < 1.29 is 14.3 Å². The van der Waals surface area contributed by atoms with E-state index in [1.165, 1.54) is 4.90 Å². The van der Waals surface area contributed by atoms with Crippen molar-refractivity contribution in [3.63, 3.8) is 0 Å². The van der Waals surface area contributed by atoms with Gasteiger partial charge in [0.1, 0.15) is 6.61 Å². The van der Waals surface area contributed by atoms with Gasteiger partial charge in [-0.15, -0.1) is 0 Å². The van der Waals surface area contributed by atoms with E-state index in [9.17, 15) is 9.59 Å². The van der Waals surface area contributed by atoms with Gasteiger partial charge in [-0.05, 0) is 48.0 Å². The topological polar surface area (TPSA) is 46.6 Å². The zero-order chi connectivity index (χ0) is 20.3. The summed E-state index contributed by atoms with van der Waals surface area (Å²) in [5.41, 5.74) is 1.42. The molecule has 0 N–H and O–H groups in total. The summed E-state index contributed by atoms with van der Waals surface area (Å²) in [6.45, 7) is 2.53. The molecular weight excluding hydrogens is 441 g/mol. The molecule has 0 saturated carbocycles. The van der Waals surface area contributed by atoms with Crippen molar-refractivity contribution in [3.05, 3.63) is 67.5 Å². The molecule has 1 saturated heterocycles. The summed E-state index contributed by atoms with van der Waals surface area (Å²) in [6.07, 6.45) is 2.32. The number of nitrogens with zero attached hydrogens (tertiary/aromatic N) is 1. The van der Waals surface area contributed by atoms with Crippen LogP contribution >= 0.6 is 46.6 Å². The Morgan fingerprint density at radius 2 is 1.75 bits per heavy atom. The van der Waals surface area contributed by atoms with Gasteiger partial charge in [0.05, 0.1) is 15.0 Å². The van der Waals surface area contributed by atoms with E-state index in [1.54, 1.807) is 24.3 Å². The Hall–Kier alpha value is -1.66. The van der Waals surface area contributed by atoms with Crippen LogP contribution in [0.15, 0.2) is 41.3 Å². The summed E-state index contributed by atoms with van der Waals surface area (Å²) >= 11 is 19.7. The molecule has 1 heterocycles. The highest BCUT2D eigenvalue weighted by Gasteiger charge is 2.34. The smallest absolute Gasteiger partial charge is 0.293 e. The lowest BCUT2D eigenvalue weighted by Crippen LogP contribution is -2.28. The van der Waals surface area contributed by atoms with Gasteiger partial charge in [-0.2, -0.15) is 0 Å². The molecule has 3 rings (SSSR count). The lowest BCUT2D eigenvalue weighted by Gasteiger charge is -2.12. The molecule has 0 aliphatic carbocycles. The average molecular weight is 457 g/mol. The minimum atomic E-state index is -0.303. The van der Waals surface area contributed by atoms with Gasteiger partial charge in [0.25, 0.3) is 11.1 Å². The quantitative estimate of drug-likeness (QED) is 0.455. The molecule has 0 aromatic heterocycles. The molecular formula is C20H16Cl3NO3S. The third-order valence-corrected chi connectivity index (χ3v) is 5.81. The molecule has 2 amide bonds. The fourth-order valence-electron chi connectivity index (χ4n) is 2.63. The number of thioether (sulfide) groups is 1. The monoisotopic (exact) mass is 455 g/mol. The number of rotatable bonds is 6. The van der Waals surface area contributed by atoms with Crippen LogP contribution in [0, 0.1) is 0 Å². The fourth-order valence-corrected chi connectivity index (χ4v) is 4.30. The van der Waals surface area contributed by atoms with Gasteiger partial charge >= 0.3 is 0 Å². The Morgan fingerprint density at radius 1 is 1.07 bits per heavy atom. The van der Waals surface area contributed by atoms with Crippen LogP contribution in [-0.4, -0.2) is 22.6 Å². The van der Waals surface area contributed by atoms with E-state index in [4.69, 9.17) is 39.5 Å². The second-order valence-electron chi connectivity index (χ2n) is 6.03. The normalized spacial score (nSPS) is 15.6. The van der Waals surface area contributed by atoms with Crippen molar-refractivity contribution in [1.82, 2.24) is 4.90 Å². The number of hydrogen-bond donors (Lipinski definition) is 0. The maximum absolute atomic E-state index is 12.4. The largest absolute Gasteiger partial charge is 0.486 e. The highest BCUT2D eigenvalue weighted by molar-refractivity contribution is 8.18. The third-order valence-electron chi connectivity index (χ3n) is 3.97. The first-order valence-electron chi connectivity index (χ1n) is 8.51. The van der Waals surface area contributed by atoms with Gasteiger partial charge in [-0.25, -0.2) is 0 Å². The van der Waals surface area contributed by atoms with Gasteiger partial charge in [0.2, 0.25) is 0 Å². The Bertz CT molecular complexity index is 938. The predicted molar refractivity (Wildman–Crippen MR) is 115 cm³/mol. The summed E-state index contributed by atoms with van der Waals surface area (Å²) < 4.78 is 5.74. The summed E-state index contributed by atoms with van der Waals surface area (Å²) in [6, 6.07) is 10.6. The number of benzene rings is 2. The summed E-state index contributed by atoms with van der Waals surface area (Å²) in [5, 5.41) is 0.932. The third kappa shape index (κ3) is 4.66. The van der Waals surface area contributed by atoms with E-state index >= 15 is 0 Å². The highest BCUT2D eigenvalue weighted by Crippen LogP contribution is 2.38. The van der Waals surface area contributed by atoms with Crippen molar-refractivity contribution in [3.8, 4) is 5.75 Å². The first kappa shape index (κ1) is 21.1. The van der Waals surface area contributed by atoms with E-state index in [0.29, 0.717) is 44.3 Å². The van der Waals surface area contributed by atoms with Gasteiger partial charge in [0, 0.05) is 17.1 Å². The van der Waals surface area contributed by atoms with Crippen LogP contribution in [0.3, 0.4) is 0 Å². The molecule has 0 unspecified atom stereocenters. The zero-order valence-electron chi connectivity index (χ0n) is 14.9. The van der Waals surface area contributed by atoms with Crippen LogP contribution in [0.25, 0.3) is 6.08 Å². The molecule has 4 nitrogen and oxygen atoms in total. The van der Waals surface area contributed by atoms with E-state index in [0.717, 1.165) is 17.3 Å². The molecule has 1 aliphatic rings. The summed E-state index contributed by atoms with van der Waals surface area (Å²) in [4.78, 5) is 25.9. The Morgan fingerprint density at radius 3 is 2.39 bits per heavy atom. The maximum Gasteiger partial charge on any atom is 0.293 e. The standard InChI is InChI=1S/C20H16Cl3NO3S/c1-2-7-24-19(25)17(28-20(24)26)10-12-8-15(22)18(16(23)9-12)27-11-13-5-3-4-6-14(13)21/h3-6,8-10H,2,7,11H2,1H3/b17-10+. The SMILES string of the molecule is CCCN1C(=O)S/C(=C/c2cc(Cl)c(OCc3ccccc3Cl)c(Cl)c2)C1=O. The van der Waals surface area contributed by atoms with Crippen molar-refractivity contribution in [1.29, 1.82) is 0 Å². The van der Waals surface area contributed by atoms with Crippen LogP contribution in [0.4, 0.5) is 4.79 Å². The first-order chi connectivity index (χ1) is 13.4.